The largest absolute Gasteiger partial charge is 0.493 e. The van der Waals surface area contributed by atoms with E-state index in [0.717, 1.165) is 37.8 Å². The minimum absolute atomic E-state index is 0.782. The van der Waals surface area contributed by atoms with Crippen LogP contribution in [0, 0.1) is 5.92 Å². The highest BCUT2D eigenvalue weighted by atomic mass is 16.5. The summed E-state index contributed by atoms with van der Waals surface area (Å²) in [5.74, 6) is 1.88. The third kappa shape index (κ3) is 4.54. The van der Waals surface area contributed by atoms with Crippen molar-refractivity contribution in [2.75, 3.05) is 19.7 Å². The second kappa shape index (κ2) is 7.54. The van der Waals surface area contributed by atoms with E-state index in [9.17, 15) is 0 Å². The van der Waals surface area contributed by atoms with Crippen molar-refractivity contribution in [2.45, 2.75) is 46.0 Å². The van der Waals surface area contributed by atoms with Crippen molar-refractivity contribution in [1.29, 1.82) is 0 Å². The summed E-state index contributed by atoms with van der Waals surface area (Å²) in [5, 5.41) is 3.50. The van der Waals surface area contributed by atoms with Crippen LogP contribution in [0.3, 0.4) is 0 Å². The number of fused-ring (bicyclic) bond motifs is 1. The fourth-order valence-electron chi connectivity index (χ4n) is 2.68. The molecule has 0 bridgehead atoms. The zero-order valence-corrected chi connectivity index (χ0v) is 12.4. The molecule has 1 heterocycles. The SMILES string of the molecule is CCCNCC(C)CCCc1ccc2c(c1)CCO2. The normalized spacial score (nSPS) is 15.1. The molecule has 0 saturated heterocycles. The standard InChI is InChI=1S/C17H27NO/c1-3-10-18-13-14(2)5-4-6-15-7-8-17-16(12-15)9-11-19-17/h7-8,12,14,18H,3-6,9-11,13H2,1-2H3. The first kappa shape index (κ1) is 14.4. The first-order valence-electron chi connectivity index (χ1n) is 7.75. The Balaban J connectivity index is 1.68. The molecule has 0 fully saturated rings. The van der Waals surface area contributed by atoms with Crippen LogP contribution in [-0.2, 0) is 12.8 Å². The number of ether oxygens (including phenoxy) is 1. The van der Waals surface area contributed by atoms with Gasteiger partial charge < -0.3 is 10.1 Å². The number of benzene rings is 1. The van der Waals surface area contributed by atoms with Crippen LogP contribution < -0.4 is 10.1 Å². The summed E-state index contributed by atoms with van der Waals surface area (Å²) in [6.07, 6.45) is 6.11. The fourth-order valence-corrected chi connectivity index (χ4v) is 2.68. The summed E-state index contributed by atoms with van der Waals surface area (Å²) >= 11 is 0. The van der Waals surface area contributed by atoms with Gasteiger partial charge in [-0.05, 0) is 61.9 Å². The molecule has 1 aliphatic heterocycles. The highest BCUT2D eigenvalue weighted by Gasteiger charge is 2.11. The minimum Gasteiger partial charge on any atom is -0.493 e. The third-order valence-electron chi connectivity index (χ3n) is 3.84. The van der Waals surface area contributed by atoms with E-state index in [1.807, 2.05) is 0 Å². The van der Waals surface area contributed by atoms with E-state index in [1.54, 1.807) is 0 Å². The third-order valence-corrected chi connectivity index (χ3v) is 3.84. The van der Waals surface area contributed by atoms with Crippen molar-refractivity contribution in [3.63, 3.8) is 0 Å². The van der Waals surface area contributed by atoms with Gasteiger partial charge in [0, 0.05) is 6.42 Å². The zero-order valence-electron chi connectivity index (χ0n) is 12.4. The lowest BCUT2D eigenvalue weighted by molar-refractivity contribution is 0.357. The molecule has 0 amide bonds. The maximum Gasteiger partial charge on any atom is 0.122 e. The van der Waals surface area contributed by atoms with Crippen LogP contribution in [0.2, 0.25) is 0 Å². The molecule has 0 aromatic heterocycles. The molecule has 1 aromatic carbocycles. The molecule has 1 N–H and O–H groups in total. The fraction of sp³-hybridized carbons (Fsp3) is 0.647. The molecule has 1 unspecified atom stereocenters. The van der Waals surface area contributed by atoms with Gasteiger partial charge in [0.15, 0.2) is 0 Å². The van der Waals surface area contributed by atoms with E-state index < -0.39 is 0 Å². The average Bonchev–Trinajstić information content (AvgIpc) is 2.86. The van der Waals surface area contributed by atoms with Crippen molar-refractivity contribution in [2.24, 2.45) is 5.92 Å². The Morgan fingerprint density at radius 1 is 1.37 bits per heavy atom. The lowest BCUT2D eigenvalue weighted by atomic mass is 9.99. The van der Waals surface area contributed by atoms with Crippen LogP contribution >= 0.6 is 0 Å². The van der Waals surface area contributed by atoms with Crippen LogP contribution in [0.25, 0.3) is 0 Å². The van der Waals surface area contributed by atoms with Gasteiger partial charge in [0.25, 0.3) is 0 Å². The molecule has 0 spiro atoms. The van der Waals surface area contributed by atoms with E-state index in [2.05, 4.69) is 37.4 Å². The van der Waals surface area contributed by atoms with Gasteiger partial charge in [-0.15, -0.1) is 0 Å². The van der Waals surface area contributed by atoms with Crippen molar-refractivity contribution in [3.8, 4) is 5.75 Å². The van der Waals surface area contributed by atoms with Crippen molar-refractivity contribution in [3.05, 3.63) is 29.3 Å². The van der Waals surface area contributed by atoms with Crippen LogP contribution in [0.1, 0.15) is 44.2 Å². The number of hydrogen-bond acceptors (Lipinski definition) is 2. The summed E-state index contributed by atoms with van der Waals surface area (Å²) in [6, 6.07) is 6.70. The van der Waals surface area contributed by atoms with Crippen LogP contribution in [-0.4, -0.2) is 19.7 Å². The van der Waals surface area contributed by atoms with Gasteiger partial charge in [0.1, 0.15) is 5.75 Å². The highest BCUT2D eigenvalue weighted by molar-refractivity contribution is 5.39. The van der Waals surface area contributed by atoms with Crippen LogP contribution in [0.4, 0.5) is 0 Å². The Bertz CT molecular complexity index is 389. The topological polar surface area (TPSA) is 21.3 Å². The first-order chi connectivity index (χ1) is 9.29. The molecule has 1 atom stereocenters. The Kier molecular flexibility index (Phi) is 5.71. The molecule has 1 aromatic rings. The first-order valence-corrected chi connectivity index (χ1v) is 7.75. The molecule has 2 rings (SSSR count). The average molecular weight is 261 g/mol. The van der Waals surface area contributed by atoms with Gasteiger partial charge in [0.2, 0.25) is 0 Å². The van der Waals surface area contributed by atoms with Gasteiger partial charge in [-0.25, -0.2) is 0 Å². The van der Waals surface area contributed by atoms with Crippen LogP contribution in [0.15, 0.2) is 18.2 Å². The van der Waals surface area contributed by atoms with Gasteiger partial charge in [0.05, 0.1) is 6.61 Å². The molecular weight excluding hydrogens is 234 g/mol. The summed E-state index contributed by atoms with van der Waals surface area (Å²) in [6.45, 7) is 7.73. The Morgan fingerprint density at radius 2 is 2.26 bits per heavy atom. The molecule has 2 nitrogen and oxygen atoms in total. The summed E-state index contributed by atoms with van der Waals surface area (Å²) in [5.41, 5.74) is 2.87. The summed E-state index contributed by atoms with van der Waals surface area (Å²) in [7, 11) is 0. The molecule has 0 aliphatic carbocycles. The number of hydrogen-bond donors (Lipinski definition) is 1. The highest BCUT2D eigenvalue weighted by Crippen LogP contribution is 2.26. The van der Waals surface area contributed by atoms with Crippen molar-refractivity contribution >= 4 is 0 Å². The van der Waals surface area contributed by atoms with Crippen molar-refractivity contribution < 1.29 is 4.74 Å². The maximum atomic E-state index is 5.54. The number of aryl methyl sites for hydroxylation is 1. The van der Waals surface area contributed by atoms with Gasteiger partial charge >= 0.3 is 0 Å². The molecular formula is C17H27NO. The van der Waals surface area contributed by atoms with Crippen LogP contribution in [0.5, 0.6) is 5.75 Å². The predicted octanol–water partition coefficient (Wildman–Crippen LogP) is 3.58. The molecule has 19 heavy (non-hydrogen) atoms. The molecule has 2 heteroatoms. The monoisotopic (exact) mass is 261 g/mol. The lowest BCUT2D eigenvalue weighted by Gasteiger charge is -2.12. The Labute approximate surface area is 117 Å². The Hall–Kier alpha value is -1.02. The minimum atomic E-state index is 0.782. The second-order valence-corrected chi connectivity index (χ2v) is 5.74. The summed E-state index contributed by atoms with van der Waals surface area (Å²) in [4.78, 5) is 0. The van der Waals surface area contributed by atoms with Gasteiger partial charge in [-0.2, -0.15) is 0 Å². The van der Waals surface area contributed by atoms with E-state index in [1.165, 1.54) is 36.8 Å². The molecule has 0 saturated carbocycles. The molecule has 106 valence electrons. The smallest absolute Gasteiger partial charge is 0.122 e. The Morgan fingerprint density at radius 3 is 3.11 bits per heavy atom. The second-order valence-electron chi connectivity index (χ2n) is 5.74. The molecule has 0 radical (unpaired) electrons. The number of nitrogens with one attached hydrogen (secondary N) is 1. The maximum absolute atomic E-state index is 5.54. The lowest BCUT2D eigenvalue weighted by Crippen LogP contribution is -2.21. The van der Waals surface area contributed by atoms with Gasteiger partial charge in [-0.1, -0.05) is 26.0 Å². The van der Waals surface area contributed by atoms with Gasteiger partial charge in [-0.3, -0.25) is 0 Å². The van der Waals surface area contributed by atoms with E-state index in [0.29, 0.717) is 0 Å². The summed E-state index contributed by atoms with van der Waals surface area (Å²) < 4.78 is 5.54. The predicted molar refractivity (Wildman–Crippen MR) is 80.9 cm³/mol. The van der Waals surface area contributed by atoms with E-state index in [4.69, 9.17) is 4.74 Å². The van der Waals surface area contributed by atoms with E-state index >= 15 is 0 Å². The quantitative estimate of drug-likeness (QED) is 0.722. The molecule has 1 aliphatic rings. The van der Waals surface area contributed by atoms with Crippen molar-refractivity contribution in [1.82, 2.24) is 5.32 Å². The number of rotatable bonds is 8. The zero-order chi connectivity index (χ0) is 13.5. The van der Waals surface area contributed by atoms with E-state index in [-0.39, 0.29) is 0 Å².